The molecule has 0 aliphatic rings. The lowest BCUT2D eigenvalue weighted by Crippen LogP contribution is -2.15. The van der Waals surface area contributed by atoms with Crippen LogP contribution >= 0.6 is 0 Å². The minimum absolute atomic E-state index is 0.0347. The van der Waals surface area contributed by atoms with E-state index in [1.165, 1.54) is 24.7 Å². The molecule has 0 unspecified atom stereocenters. The molecule has 8 heteroatoms. The third kappa shape index (κ3) is 4.27. The van der Waals surface area contributed by atoms with Gasteiger partial charge in [-0.15, -0.1) is 0 Å². The van der Waals surface area contributed by atoms with E-state index in [0.29, 0.717) is 28.2 Å². The monoisotopic (exact) mass is 408 g/mol. The number of nitrogens with zero attached hydrogens (tertiary/aromatic N) is 3. The molecule has 150 valence electrons. The van der Waals surface area contributed by atoms with Gasteiger partial charge in [-0.25, -0.2) is 9.97 Å². The first-order chi connectivity index (χ1) is 14.4. The summed E-state index contributed by atoms with van der Waals surface area (Å²) < 4.78 is 39.1. The first-order valence-electron chi connectivity index (χ1n) is 9.02. The maximum atomic E-state index is 13.0. The summed E-state index contributed by atoms with van der Waals surface area (Å²) in [6.45, 7) is 0. The number of rotatable bonds is 4. The Labute approximate surface area is 169 Å². The number of benzene rings is 2. The number of anilines is 1. The fraction of sp³-hybridized carbons (Fsp3) is 0.0909. The Hall–Kier alpha value is -3.81. The van der Waals surface area contributed by atoms with Crippen molar-refractivity contribution < 1.29 is 18.0 Å². The Morgan fingerprint density at radius 1 is 1.00 bits per heavy atom. The normalized spacial score (nSPS) is 11.4. The summed E-state index contributed by atoms with van der Waals surface area (Å²) in [6.07, 6.45) is 0.00437. The average molecular weight is 408 g/mol. The number of halogens is 3. The number of nitrogens with one attached hydrogen (secondary N) is 1. The van der Waals surface area contributed by atoms with Crippen LogP contribution in [0.2, 0.25) is 0 Å². The average Bonchev–Trinajstić information content (AvgIpc) is 2.74. The van der Waals surface area contributed by atoms with Crippen LogP contribution in [0.3, 0.4) is 0 Å². The van der Waals surface area contributed by atoms with Crippen molar-refractivity contribution in [2.75, 3.05) is 5.32 Å². The molecule has 0 spiro atoms. The SMILES string of the molecule is O=C(Cc1cccc2ccc(-c3cccc(C(F)(F)F)c3)nc12)Nc1cnccn1. The van der Waals surface area contributed by atoms with Gasteiger partial charge in [0.2, 0.25) is 5.91 Å². The van der Waals surface area contributed by atoms with E-state index >= 15 is 0 Å². The quantitative estimate of drug-likeness (QED) is 0.522. The van der Waals surface area contributed by atoms with Crippen molar-refractivity contribution in [3.63, 3.8) is 0 Å². The Kier molecular flexibility index (Phi) is 5.14. The molecule has 1 N–H and O–H groups in total. The number of hydrogen-bond acceptors (Lipinski definition) is 4. The van der Waals surface area contributed by atoms with E-state index in [0.717, 1.165) is 17.5 Å². The molecule has 4 rings (SSSR count). The van der Waals surface area contributed by atoms with E-state index < -0.39 is 11.7 Å². The topological polar surface area (TPSA) is 67.8 Å². The third-order valence-electron chi connectivity index (χ3n) is 4.47. The van der Waals surface area contributed by atoms with Crippen molar-refractivity contribution in [1.82, 2.24) is 15.0 Å². The molecule has 0 aliphatic carbocycles. The Morgan fingerprint density at radius 2 is 1.83 bits per heavy atom. The smallest absolute Gasteiger partial charge is 0.309 e. The minimum atomic E-state index is -4.43. The van der Waals surface area contributed by atoms with E-state index in [9.17, 15) is 18.0 Å². The number of hydrogen-bond donors (Lipinski definition) is 1. The second-order valence-electron chi connectivity index (χ2n) is 6.58. The van der Waals surface area contributed by atoms with E-state index in [2.05, 4.69) is 20.3 Å². The number of amides is 1. The van der Waals surface area contributed by atoms with Gasteiger partial charge in [0.05, 0.1) is 29.4 Å². The highest BCUT2D eigenvalue weighted by Gasteiger charge is 2.30. The van der Waals surface area contributed by atoms with Crippen molar-refractivity contribution >= 4 is 22.6 Å². The van der Waals surface area contributed by atoms with Crippen molar-refractivity contribution in [3.8, 4) is 11.3 Å². The van der Waals surface area contributed by atoms with E-state index in [4.69, 9.17) is 0 Å². The molecule has 0 fully saturated rings. The highest BCUT2D eigenvalue weighted by molar-refractivity contribution is 5.95. The predicted molar refractivity (Wildman–Crippen MR) is 107 cm³/mol. The molecule has 0 atom stereocenters. The van der Waals surface area contributed by atoms with Gasteiger partial charge in [0, 0.05) is 23.3 Å². The van der Waals surface area contributed by atoms with Gasteiger partial charge in [0.25, 0.3) is 0 Å². The summed E-state index contributed by atoms with van der Waals surface area (Å²) >= 11 is 0. The maximum absolute atomic E-state index is 13.0. The molecule has 5 nitrogen and oxygen atoms in total. The van der Waals surface area contributed by atoms with E-state index in [1.54, 1.807) is 30.3 Å². The fourth-order valence-corrected chi connectivity index (χ4v) is 3.09. The molecular formula is C22H15F3N4O. The molecule has 1 amide bonds. The van der Waals surface area contributed by atoms with Gasteiger partial charge < -0.3 is 5.32 Å². The highest BCUT2D eigenvalue weighted by atomic mass is 19.4. The minimum Gasteiger partial charge on any atom is -0.309 e. The number of aromatic nitrogens is 3. The van der Waals surface area contributed by atoms with Crippen molar-refractivity contribution in [3.05, 3.63) is 84.3 Å². The second-order valence-corrected chi connectivity index (χ2v) is 6.58. The van der Waals surface area contributed by atoms with Crippen LogP contribution in [0.1, 0.15) is 11.1 Å². The van der Waals surface area contributed by atoms with Crippen molar-refractivity contribution in [1.29, 1.82) is 0 Å². The Bertz CT molecular complexity index is 1210. The lowest BCUT2D eigenvalue weighted by atomic mass is 10.0. The molecule has 0 radical (unpaired) electrons. The van der Waals surface area contributed by atoms with Gasteiger partial charge in [0.15, 0.2) is 5.82 Å². The van der Waals surface area contributed by atoms with Gasteiger partial charge >= 0.3 is 6.18 Å². The summed E-state index contributed by atoms with van der Waals surface area (Å²) in [6, 6.07) is 13.9. The van der Waals surface area contributed by atoms with Crippen LogP contribution in [-0.4, -0.2) is 20.9 Å². The van der Waals surface area contributed by atoms with Gasteiger partial charge in [-0.3, -0.25) is 9.78 Å². The Morgan fingerprint density at radius 3 is 2.60 bits per heavy atom. The third-order valence-corrected chi connectivity index (χ3v) is 4.47. The van der Waals surface area contributed by atoms with Crippen LogP contribution in [0.5, 0.6) is 0 Å². The van der Waals surface area contributed by atoms with E-state index in [1.807, 2.05) is 6.07 Å². The van der Waals surface area contributed by atoms with Crippen LogP contribution in [0.15, 0.2) is 73.2 Å². The van der Waals surface area contributed by atoms with Crippen molar-refractivity contribution in [2.24, 2.45) is 0 Å². The summed E-state index contributed by atoms with van der Waals surface area (Å²) in [5.41, 5.74) is 1.23. The number of alkyl halides is 3. The molecule has 0 bridgehead atoms. The van der Waals surface area contributed by atoms with Crippen molar-refractivity contribution in [2.45, 2.75) is 12.6 Å². The fourth-order valence-electron chi connectivity index (χ4n) is 3.09. The summed E-state index contributed by atoms with van der Waals surface area (Å²) in [5.74, 6) is 0.0367. The van der Waals surface area contributed by atoms with Crippen LogP contribution in [0.25, 0.3) is 22.2 Å². The highest BCUT2D eigenvalue weighted by Crippen LogP contribution is 2.32. The molecule has 2 heterocycles. The molecule has 0 aliphatic heterocycles. The van der Waals surface area contributed by atoms with Gasteiger partial charge in [-0.1, -0.05) is 36.4 Å². The second kappa shape index (κ2) is 7.90. The molecular weight excluding hydrogens is 393 g/mol. The zero-order chi connectivity index (χ0) is 21.1. The molecule has 2 aromatic carbocycles. The van der Waals surface area contributed by atoms with Gasteiger partial charge in [-0.2, -0.15) is 13.2 Å². The standard InChI is InChI=1S/C22H15F3N4O/c23-22(24,25)17-6-2-4-15(11-17)18-8-7-14-3-1-5-16(21(14)28-18)12-20(30)29-19-13-26-9-10-27-19/h1-11,13H,12H2,(H,27,29,30). The molecule has 4 aromatic rings. The molecule has 30 heavy (non-hydrogen) atoms. The van der Waals surface area contributed by atoms with Gasteiger partial charge in [0.1, 0.15) is 0 Å². The van der Waals surface area contributed by atoms with Crippen LogP contribution in [0, 0.1) is 0 Å². The number of fused-ring (bicyclic) bond motifs is 1. The molecule has 2 aromatic heterocycles. The van der Waals surface area contributed by atoms with Crippen LogP contribution in [0.4, 0.5) is 19.0 Å². The van der Waals surface area contributed by atoms with E-state index in [-0.39, 0.29) is 12.3 Å². The first kappa shape index (κ1) is 19.5. The zero-order valence-electron chi connectivity index (χ0n) is 15.5. The number of para-hydroxylation sites is 1. The Balaban J connectivity index is 1.67. The number of carbonyl (C=O) groups excluding carboxylic acids is 1. The summed E-state index contributed by atoms with van der Waals surface area (Å²) in [5, 5.41) is 3.45. The lowest BCUT2D eigenvalue weighted by molar-refractivity contribution is -0.137. The number of pyridine rings is 1. The summed E-state index contributed by atoms with van der Waals surface area (Å²) in [4.78, 5) is 24.9. The lowest BCUT2D eigenvalue weighted by Gasteiger charge is -2.11. The maximum Gasteiger partial charge on any atom is 0.416 e. The largest absolute Gasteiger partial charge is 0.416 e. The first-order valence-corrected chi connectivity index (χ1v) is 9.02. The zero-order valence-corrected chi connectivity index (χ0v) is 15.5. The van der Waals surface area contributed by atoms with Crippen LogP contribution in [-0.2, 0) is 17.4 Å². The van der Waals surface area contributed by atoms with Gasteiger partial charge in [-0.05, 0) is 23.8 Å². The summed E-state index contributed by atoms with van der Waals surface area (Å²) in [7, 11) is 0. The molecule has 0 saturated carbocycles. The molecule has 0 saturated heterocycles. The van der Waals surface area contributed by atoms with Crippen LogP contribution < -0.4 is 5.32 Å². The predicted octanol–water partition coefficient (Wildman–Crippen LogP) is 4.89. The number of carbonyl (C=O) groups is 1.